The fourth-order valence-corrected chi connectivity index (χ4v) is 7.12. The van der Waals surface area contributed by atoms with Crippen molar-refractivity contribution in [3.05, 3.63) is 87.6 Å². The van der Waals surface area contributed by atoms with Crippen molar-refractivity contribution in [2.24, 2.45) is 5.92 Å². The number of fused-ring (bicyclic) bond motifs is 3. The molecule has 1 saturated carbocycles. The van der Waals surface area contributed by atoms with Crippen LogP contribution in [0.2, 0.25) is 5.15 Å². The van der Waals surface area contributed by atoms with Crippen molar-refractivity contribution in [3.8, 4) is 5.75 Å². The lowest BCUT2D eigenvalue weighted by Gasteiger charge is -2.26. The zero-order chi connectivity index (χ0) is 29.9. The molecule has 3 N–H and O–H groups in total. The second kappa shape index (κ2) is 11.0. The van der Waals surface area contributed by atoms with E-state index < -0.39 is 29.9 Å². The second-order valence-corrected chi connectivity index (χ2v) is 12.4. The number of nitrogens with zero attached hydrogens (tertiary/aromatic N) is 4. The van der Waals surface area contributed by atoms with Crippen molar-refractivity contribution < 1.29 is 24.1 Å². The molecule has 12 heteroatoms. The Balaban J connectivity index is 1.11. The van der Waals surface area contributed by atoms with E-state index in [0.717, 1.165) is 38.1 Å². The first-order valence-corrected chi connectivity index (χ1v) is 15.1. The number of benzene rings is 2. The van der Waals surface area contributed by atoms with Gasteiger partial charge in [0.1, 0.15) is 40.4 Å². The van der Waals surface area contributed by atoms with E-state index in [2.05, 4.69) is 37.3 Å². The molecular formula is C31H28BrClFN5O4. The molecule has 9 nitrogen and oxygen atoms in total. The van der Waals surface area contributed by atoms with E-state index in [-0.39, 0.29) is 22.1 Å². The number of pyridine rings is 1. The van der Waals surface area contributed by atoms with Gasteiger partial charge in [0.15, 0.2) is 12.0 Å². The highest BCUT2D eigenvalue weighted by molar-refractivity contribution is 9.10. The quantitative estimate of drug-likeness (QED) is 0.187. The fourth-order valence-electron chi connectivity index (χ4n) is 6.43. The zero-order valence-electron chi connectivity index (χ0n) is 23.0. The van der Waals surface area contributed by atoms with Crippen molar-refractivity contribution in [3.63, 3.8) is 0 Å². The molecular weight excluding hydrogens is 641 g/mol. The van der Waals surface area contributed by atoms with Crippen LogP contribution in [0, 0.1) is 11.7 Å². The minimum Gasteiger partial charge on any atom is -0.497 e. The van der Waals surface area contributed by atoms with Crippen molar-refractivity contribution in [1.29, 1.82) is 0 Å². The van der Waals surface area contributed by atoms with Crippen LogP contribution in [0.1, 0.15) is 30.2 Å². The highest BCUT2D eigenvalue weighted by atomic mass is 79.9. The average Bonchev–Trinajstić information content (AvgIpc) is 3.60. The Bertz CT molecular complexity index is 1840. The number of aliphatic hydroxyl groups is 2. The molecule has 0 bridgehead atoms. The number of hydrogen-bond acceptors (Lipinski definition) is 8. The minimum atomic E-state index is -1.47. The Kier molecular flexibility index (Phi) is 7.26. The Morgan fingerprint density at radius 1 is 1.19 bits per heavy atom. The molecule has 2 fully saturated rings. The van der Waals surface area contributed by atoms with Crippen LogP contribution in [0.5, 0.6) is 5.75 Å². The molecule has 1 saturated heterocycles. The minimum absolute atomic E-state index is 0.0263. The fraction of sp³-hybridized carbons (Fsp3) is 0.323. The molecule has 2 aliphatic rings. The molecule has 1 unspecified atom stereocenters. The standard InChI is InChI=1S/C31H28BrClFN5O4/c1-42-20-6-3-16(4-7-20)13-35-28-21(32)12-18-5-2-17(11-23(18)38-28)10-19-8-9-31(41)25(40)30(43-26(19)31)39-14-22(34)24-27(33)36-15-37-29(24)39/h2-7,11-12,14-15,19,25-26,30,40-41H,8-10,13H2,1H3,(H,35,38)/t19?,25-,26+,30+,31-/m0/s1. The number of ether oxygens (including phenoxy) is 2. The van der Waals surface area contributed by atoms with Crippen LogP contribution in [-0.2, 0) is 17.7 Å². The normalized spacial score (nSPS) is 25.0. The SMILES string of the molecule is COc1ccc(CNc2nc3cc(CC4CC[C@@]5(O)[C@@H]4O[C@@H](n4cc(F)c6c(Cl)ncnc64)[C@@H]5O)ccc3cc2Br)cc1. The van der Waals surface area contributed by atoms with E-state index in [9.17, 15) is 14.6 Å². The van der Waals surface area contributed by atoms with Gasteiger partial charge >= 0.3 is 0 Å². The molecule has 0 amide bonds. The van der Waals surface area contributed by atoms with Crippen molar-refractivity contribution >= 4 is 55.3 Å². The van der Waals surface area contributed by atoms with E-state index in [1.54, 1.807) is 7.11 Å². The zero-order valence-corrected chi connectivity index (χ0v) is 25.4. The van der Waals surface area contributed by atoms with Crippen LogP contribution in [0.3, 0.4) is 0 Å². The lowest BCUT2D eigenvalue weighted by Crippen LogP contribution is -2.45. The van der Waals surface area contributed by atoms with Crippen molar-refractivity contribution in [2.75, 3.05) is 12.4 Å². The summed E-state index contributed by atoms with van der Waals surface area (Å²) in [6.45, 7) is 0.600. The van der Waals surface area contributed by atoms with Crippen LogP contribution >= 0.6 is 27.5 Å². The Morgan fingerprint density at radius 2 is 1.98 bits per heavy atom. The van der Waals surface area contributed by atoms with Crippen LogP contribution < -0.4 is 10.1 Å². The van der Waals surface area contributed by atoms with Gasteiger partial charge in [-0.25, -0.2) is 19.3 Å². The van der Waals surface area contributed by atoms with E-state index in [0.29, 0.717) is 25.8 Å². The third-order valence-electron chi connectivity index (χ3n) is 8.65. The third kappa shape index (κ3) is 4.93. The molecule has 0 spiro atoms. The summed E-state index contributed by atoms with van der Waals surface area (Å²) in [5.74, 6) is 0.845. The molecule has 0 radical (unpaired) electrons. The topological polar surface area (TPSA) is 115 Å². The Morgan fingerprint density at radius 3 is 2.77 bits per heavy atom. The molecule has 1 aliphatic heterocycles. The summed E-state index contributed by atoms with van der Waals surface area (Å²) < 4.78 is 28.5. The monoisotopic (exact) mass is 667 g/mol. The molecule has 5 aromatic rings. The lowest BCUT2D eigenvalue weighted by atomic mass is 9.90. The third-order valence-corrected chi connectivity index (χ3v) is 9.54. The van der Waals surface area contributed by atoms with E-state index in [1.165, 1.54) is 17.1 Å². The smallest absolute Gasteiger partial charge is 0.164 e. The van der Waals surface area contributed by atoms with Gasteiger partial charge in [-0.3, -0.25) is 0 Å². The van der Waals surface area contributed by atoms with Gasteiger partial charge in [-0.15, -0.1) is 0 Å². The van der Waals surface area contributed by atoms with E-state index in [1.807, 2.05) is 42.5 Å². The summed E-state index contributed by atoms with van der Waals surface area (Å²) in [7, 11) is 1.64. The number of halogens is 3. The van der Waals surface area contributed by atoms with Crippen molar-refractivity contribution in [1.82, 2.24) is 19.5 Å². The maximum atomic E-state index is 14.7. The van der Waals surface area contributed by atoms with E-state index in [4.69, 9.17) is 26.1 Å². The number of methoxy groups -OCH3 is 1. The molecule has 4 heterocycles. The Hall–Kier alpha value is -3.35. The predicted octanol–water partition coefficient (Wildman–Crippen LogP) is 5.80. The number of rotatable bonds is 7. The van der Waals surface area contributed by atoms with Gasteiger partial charge in [0, 0.05) is 18.1 Å². The maximum Gasteiger partial charge on any atom is 0.164 e. The second-order valence-electron chi connectivity index (χ2n) is 11.2. The van der Waals surface area contributed by atoms with Crippen LogP contribution in [0.4, 0.5) is 10.2 Å². The Labute approximate surface area is 259 Å². The van der Waals surface area contributed by atoms with Crippen molar-refractivity contribution in [2.45, 2.75) is 49.8 Å². The number of hydrogen-bond donors (Lipinski definition) is 3. The number of aromatic nitrogens is 4. The summed E-state index contributed by atoms with van der Waals surface area (Å²) in [6, 6.07) is 16.0. The van der Waals surface area contributed by atoms with Gasteiger partial charge in [0.25, 0.3) is 0 Å². The van der Waals surface area contributed by atoms with Gasteiger partial charge in [-0.2, -0.15) is 0 Å². The highest BCUT2D eigenvalue weighted by Gasteiger charge is 2.61. The summed E-state index contributed by atoms with van der Waals surface area (Å²) >= 11 is 9.74. The summed E-state index contributed by atoms with van der Waals surface area (Å²) in [5, 5.41) is 27.2. The first-order valence-electron chi connectivity index (χ1n) is 13.9. The first-order chi connectivity index (χ1) is 20.7. The summed E-state index contributed by atoms with van der Waals surface area (Å²) in [4.78, 5) is 12.9. The van der Waals surface area contributed by atoms with Crippen LogP contribution in [0.15, 0.2) is 65.5 Å². The summed E-state index contributed by atoms with van der Waals surface area (Å²) in [5.41, 5.74) is 1.70. The van der Waals surface area contributed by atoms with Gasteiger partial charge in [-0.1, -0.05) is 35.9 Å². The largest absolute Gasteiger partial charge is 0.497 e. The van der Waals surface area contributed by atoms with Gasteiger partial charge in [-0.05, 0) is 76.5 Å². The summed E-state index contributed by atoms with van der Waals surface area (Å²) in [6.07, 6.45) is 1.10. The lowest BCUT2D eigenvalue weighted by molar-refractivity contribution is -0.0675. The molecule has 1 aliphatic carbocycles. The van der Waals surface area contributed by atoms with Crippen LogP contribution in [0.25, 0.3) is 21.9 Å². The van der Waals surface area contributed by atoms with Gasteiger partial charge < -0.3 is 29.6 Å². The molecule has 5 atom stereocenters. The molecule has 7 rings (SSSR count). The predicted molar refractivity (Wildman–Crippen MR) is 164 cm³/mol. The molecule has 43 heavy (non-hydrogen) atoms. The van der Waals surface area contributed by atoms with Gasteiger partial charge in [0.05, 0.1) is 28.6 Å². The number of aliphatic hydroxyl groups excluding tert-OH is 1. The average molecular weight is 669 g/mol. The van der Waals surface area contributed by atoms with Crippen LogP contribution in [-0.4, -0.2) is 54.7 Å². The van der Waals surface area contributed by atoms with E-state index >= 15 is 0 Å². The maximum absolute atomic E-state index is 14.7. The molecule has 222 valence electrons. The highest BCUT2D eigenvalue weighted by Crippen LogP contribution is 2.51. The number of anilines is 1. The first kappa shape index (κ1) is 28.4. The number of nitrogens with one attached hydrogen (secondary N) is 1. The molecule has 3 aromatic heterocycles. The molecule has 2 aromatic carbocycles. The van der Waals surface area contributed by atoms with Gasteiger partial charge in [0.2, 0.25) is 0 Å².